The Morgan fingerprint density at radius 1 is 1.04 bits per heavy atom. The van der Waals surface area contributed by atoms with Gasteiger partial charge in [-0.15, -0.1) is 0 Å². The Hall–Kier alpha value is -3.02. The number of ketones is 1. The second-order valence-electron chi connectivity index (χ2n) is 6.86. The highest BCUT2D eigenvalue weighted by Gasteiger charge is 2.20. The molecule has 2 aromatic carbocycles. The summed E-state index contributed by atoms with van der Waals surface area (Å²) in [6.45, 7) is 1.70. The minimum Gasteiger partial charge on any atom is -0.454 e. The molecule has 140 valence electrons. The molecule has 0 radical (unpaired) electrons. The number of anilines is 2. The van der Waals surface area contributed by atoms with E-state index in [1.165, 1.54) is 30.9 Å². The molecule has 0 aromatic heterocycles. The van der Waals surface area contributed by atoms with Gasteiger partial charge in [-0.3, -0.25) is 9.59 Å². The number of benzene rings is 2. The van der Waals surface area contributed by atoms with Crippen LogP contribution in [0.1, 0.15) is 41.3 Å². The predicted octanol–water partition coefficient (Wildman–Crippen LogP) is 3.55. The van der Waals surface area contributed by atoms with Crippen LogP contribution in [0.4, 0.5) is 11.4 Å². The first-order chi connectivity index (χ1) is 13.1. The molecule has 0 bridgehead atoms. The first kappa shape index (κ1) is 17.4. The lowest BCUT2D eigenvalue weighted by molar-refractivity contribution is -0.114. The third-order valence-electron chi connectivity index (χ3n) is 5.00. The number of hydrogen-bond acceptors (Lipinski definition) is 5. The molecule has 0 saturated heterocycles. The van der Waals surface area contributed by atoms with E-state index >= 15 is 0 Å². The van der Waals surface area contributed by atoms with Crippen LogP contribution in [0.25, 0.3) is 0 Å². The quantitative estimate of drug-likeness (QED) is 0.792. The van der Waals surface area contributed by atoms with E-state index in [-0.39, 0.29) is 25.0 Å². The van der Waals surface area contributed by atoms with Crippen molar-refractivity contribution in [2.75, 3.05) is 24.0 Å². The lowest BCUT2D eigenvalue weighted by Crippen LogP contribution is -2.23. The van der Waals surface area contributed by atoms with Gasteiger partial charge < -0.3 is 20.1 Å². The number of nitrogens with one attached hydrogen (secondary N) is 2. The molecule has 27 heavy (non-hydrogen) atoms. The third kappa shape index (κ3) is 3.60. The molecule has 2 aromatic rings. The van der Waals surface area contributed by atoms with E-state index in [1.54, 1.807) is 12.1 Å². The Kier molecular flexibility index (Phi) is 4.71. The number of aryl methyl sites for hydroxylation is 1. The summed E-state index contributed by atoms with van der Waals surface area (Å²) in [7, 11) is 0. The van der Waals surface area contributed by atoms with Gasteiger partial charge in [0.05, 0.1) is 12.2 Å². The summed E-state index contributed by atoms with van der Waals surface area (Å²) in [5.41, 5.74) is 4.53. The fraction of sp³-hybridized carbons (Fsp3) is 0.333. The first-order valence-electron chi connectivity index (χ1n) is 9.21. The molecule has 1 aliphatic heterocycles. The lowest BCUT2D eigenvalue weighted by atomic mass is 9.90. The number of carbonyl (C=O) groups is 2. The summed E-state index contributed by atoms with van der Waals surface area (Å²) >= 11 is 0. The molecule has 1 amide bonds. The van der Waals surface area contributed by atoms with Gasteiger partial charge in [0, 0.05) is 17.3 Å². The predicted molar refractivity (Wildman–Crippen MR) is 103 cm³/mol. The molecule has 6 nitrogen and oxygen atoms in total. The van der Waals surface area contributed by atoms with Crippen molar-refractivity contribution in [3.8, 4) is 11.5 Å². The maximum atomic E-state index is 12.5. The maximum absolute atomic E-state index is 12.5. The third-order valence-corrected chi connectivity index (χ3v) is 5.00. The van der Waals surface area contributed by atoms with Gasteiger partial charge >= 0.3 is 0 Å². The van der Waals surface area contributed by atoms with Crippen LogP contribution in [-0.2, 0) is 17.6 Å². The molecule has 2 aliphatic rings. The number of carbonyl (C=O) groups excluding carboxylic acids is 2. The molecule has 6 heteroatoms. The summed E-state index contributed by atoms with van der Waals surface area (Å²) in [6, 6.07) is 9.45. The second kappa shape index (κ2) is 7.31. The Balaban J connectivity index is 1.47. The van der Waals surface area contributed by atoms with Crippen molar-refractivity contribution in [2.45, 2.75) is 32.6 Å². The second-order valence-corrected chi connectivity index (χ2v) is 6.86. The standard InChI is InChI=1S/C21H22N2O4/c1-13(24)16-9-19-20(27-12-26-19)10-18(16)23-21(25)11-22-17-8-4-6-14-5-2-3-7-15(14)17/h4,6,8-10,22H,2-3,5,7,11-12H2,1H3,(H,23,25). The van der Waals surface area contributed by atoms with Gasteiger partial charge in [0.15, 0.2) is 17.3 Å². The number of Topliss-reactive ketones (excluding diaryl/α,β-unsaturated/α-hetero) is 1. The van der Waals surface area contributed by atoms with Crippen LogP contribution >= 0.6 is 0 Å². The van der Waals surface area contributed by atoms with E-state index in [0.29, 0.717) is 22.7 Å². The summed E-state index contributed by atoms with van der Waals surface area (Å²) in [4.78, 5) is 24.4. The van der Waals surface area contributed by atoms with Gasteiger partial charge in [-0.1, -0.05) is 12.1 Å². The fourth-order valence-corrected chi connectivity index (χ4v) is 3.65. The van der Waals surface area contributed by atoms with Crippen molar-refractivity contribution < 1.29 is 19.1 Å². The van der Waals surface area contributed by atoms with Gasteiger partial charge in [0.1, 0.15) is 0 Å². The smallest absolute Gasteiger partial charge is 0.243 e. The van der Waals surface area contributed by atoms with Gasteiger partial charge in [0.2, 0.25) is 12.7 Å². The highest BCUT2D eigenvalue weighted by atomic mass is 16.7. The molecular formula is C21H22N2O4. The lowest BCUT2D eigenvalue weighted by Gasteiger charge is -2.20. The van der Waals surface area contributed by atoms with E-state index in [9.17, 15) is 9.59 Å². The van der Waals surface area contributed by atoms with E-state index in [1.807, 2.05) is 12.1 Å². The Morgan fingerprint density at radius 3 is 2.63 bits per heavy atom. The zero-order valence-corrected chi connectivity index (χ0v) is 15.3. The summed E-state index contributed by atoms with van der Waals surface area (Å²) in [5.74, 6) is 0.686. The maximum Gasteiger partial charge on any atom is 0.243 e. The molecule has 0 saturated carbocycles. The van der Waals surface area contributed by atoms with Gasteiger partial charge in [-0.2, -0.15) is 0 Å². The Labute approximate surface area is 157 Å². The van der Waals surface area contributed by atoms with Crippen molar-refractivity contribution in [3.63, 3.8) is 0 Å². The zero-order valence-electron chi connectivity index (χ0n) is 15.3. The highest BCUT2D eigenvalue weighted by Crippen LogP contribution is 2.37. The zero-order chi connectivity index (χ0) is 18.8. The number of ether oxygens (including phenoxy) is 2. The van der Waals surface area contributed by atoms with Gasteiger partial charge in [-0.05, 0) is 55.9 Å². The number of hydrogen-bond donors (Lipinski definition) is 2. The van der Waals surface area contributed by atoms with Crippen LogP contribution in [-0.4, -0.2) is 25.0 Å². The van der Waals surface area contributed by atoms with Crippen LogP contribution in [0.5, 0.6) is 11.5 Å². The molecule has 0 fully saturated rings. The molecule has 0 unspecified atom stereocenters. The normalized spacial score (nSPS) is 14.4. The van der Waals surface area contributed by atoms with E-state index < -0.39 is 0 Å². The van der Waals surface area contributed by atoms with Crippen molar-refractivity contribution >= 4 is 23.1 Å². The summed E-state index contributed by atoms with van der Waals surface area (Å²) in [6.07, 6.45) is 4.53. The van der Waals surface area contributed by atoms with Crippen LogP contribution in [0, 0.1) is 0 Å². The molecule has 1 heterocycles. The summed E-state index contributed by atoms with van der Waals surface area (Å²) in [5, 5.41) is 6.05. The number of fused-ring (bicyclic) bond motifs is 2. The van der Waals surface area contributed by atoms with Crippen LogP contribution in [0.3, 0.4) is 0 Å². The van der Waals surface area contributed by atoms with Crippen molar-refractivity contribution in [1.82, 2.24) is 0 Å². The van der Waals surface area contributed by atoms with E-state index in [0.717, 1.165) is 18.5 Å². The average Bonchev–Trinajstić information content (AvgIpc) is 3.13. The monoisotopic (exact) mass is 366 g/mol. The van der Waals surface area contributed by atoms with Crippen LogP contribution in [0.15, 0.2) is 30.3 Å². The molecule has 4 rings (SSSR count). The van der Waals surface area contributed by atoms with Gasteiger partial charge in [0.25, 0.3) is 0 Å². The minimum absolute atomic E-state index is 0.116. The van der Waals surface area contributed by atoms with E-state index in [2.05, 4.69) is 16.7 Å². The SMILES string of the molecule is CC(=O)c1cc2c(cc1NC(=O)CNc1cccc3c1CCCC3)OCO2. The van der Waals surface area contributed by atoms with E-state index in [4.69, 9.17) is 9.47 Å². The minimum atomic E-state index is -0.218. The molecule has 2 N–H and O–H groups in total. The molecule has 0 atom stereocenters. The average molecular weight is 366 g/mol. The molecular weight excluding hydrogens is 344 g/mol. The Morgan fingerprint density at radius 2 is 1.81 bits per heavy atom. The van der Waals surface area contributed by atoms with Crippen LogP contribution < -0.4 is 20.1 Å². The van der Waals surface area contributed by atoms with Crippen molar-refractivity contribution in [3.05, 3.63) is 47.0 Å². The largest absolute Gasteiger partial charge is 0.454 e. The topological polar surface area (TPSA) is 76.7 Å². The first-order valence-corrected chi connectivity index (χ1v) is 9.21. The highest BCUT2D eigenvalue weighted by molar-refractivity contribution is 6.05. The van der Waals surface area contributed by atoms with Crippen molar-refractivity contribution in [2.24, 2.45) is 0 Å². The van der Waals surface area contributed by atoms with Gasteiger partial charge in [-0.25, -0.2) is 0 Å². The molecule has 1 aliphatic carbocycles. The molecule has 0 spiro atoms. The Bertz CT molecular complexity index is 907. The van der Waals surface area contributed by atoms with Crippen LogP contribution in [0.2, 0.25) is 0 Å². The number of amides is 1. The summed E-state index contributed by atoms with van der Waals surface area (Å²) < 4.78 is 10.7. The fourth-order valence-electron chi connectivity index (χ4n) is 3.65. The van der Waals surface area contributed by atoms with Crippen molar-refractivity contribution in [1.29, 1.82) is 0 Å². The number of rotatable bonds is 5.